The Morgan fingerprint density at radius 3 is 2.53 bits per heavy atom. The Balaban J connectivity index is 1.23. The lowest BCUT2D eigenvalue weighted by Crippen LogP contribution is -2.32. The highest BCUT2D eigenvalue weighted by atomic mass is 35.5. The van der Waals surface area contributed by atoms with Gasteiger partial charge in [0.05, 0.1) is 0 Å². The summed E-state index contributed by atoms with van der Waals surface area (Å²) in [6, 6.07) is 18.0. The van der Waals surface area contributed by atoms with Gasteiger partial charge < -0.3 is 9.88 Å². The van der Waals surface area contributed by atoms with E-state index < -0.39 is 0 Å². The van der Waals surface area contributed by atoms with Crippen LogP contribution in [0.4, 0.5) is 0 Å². The van der Waals surface area contributed by atoms with Crippen LogP contribution in [-0.2, 0) is 26.1 Å². The molecule has 1 N–H and O–H groups in total. The van der Waals surface area contributed by atoms with Crippen molar-refractivity contribution in [3.05, 3.63) is 82.4 Å². The third-order valence-corrected chi connectivity index (χ3v) is 6.41. The zero-order valence-corrected chi connectivity index (χ0v) is 17.4. The van der Waals surface area contributed by atoms with E-state index in [-0.39, 0.29) is 5.91 Å². The molecule has 0 unspecified atom stereocenters. The van der Waals surface area contributed by atoms with Crippen molar-refractivity contribution in [2.75, 3.05) is 13.1 Å². The number of aromatic nitrogens is 3. The van der Waals surface area contributed by atoms with E-state index in [2.05, 4.69) is 32.5 Å². The monoisotopic (exact) mass is 421 g/mol. The molecule has 0 saturated carbocycles. The van der Waals surface area contributed by atoms with Crippen LogP contribution in [-0.4, -0.2) is 38.7 Å². The van der Waals surface area contributed by atoms with E-state index in [0.717, 1.165) is 49.0 Å². The Morgan fingerprint density at radius 2 is 1.73 bits per heavy atom. The molecule has 0 aliphatic carbocycles. The fourth-order valence-electron chi connectivity index (χ4n) is 4.62. The van der Waals surface area contributed by atoms with Crippen LogP contribution in [0.15, 0.2) is 54.6 Å². The molecule has 1 aromatic heterocycles. The lowest BCUT2D eigenvalue weighted by molar-refractivity contribution is 0.0932. The number of carbonyl (C=O) groups is 1. The van der Waals surface area contributed by atoms with Gasteiger partial charge in [-0.1, -0.05) is 54.1 Å². The van der Waals surface area contributed by atoms with Crippen LogP contribution in [0.5, 0.6) is 0 Å². The number of hydrogen-bond donors (Lipinski definition) is 1. The fourth-order valence-corrected chi connectivity index (χ4v) is 4.75. The summed E-state index contributed by atoms with van der Waals surface area (Å²) in [5, 5.41) is 12.3. The topological polar surface area (TPSA) is 63.1 Å². The molecule has 2 atom stereocenters. The molecule has 3 heterocycles. The number of hydrogen-bond acceptors (Lipinski definition) is 4. The van der Waals surface area contributed by atoms with E-state index in [9.17, 15) is 4.79 Å². The van der Waals surface area contributed by atoms with Crippen LogP contribution in [0.2, 0.25) is 5.02 Å². The molecule has 6 nitrogen and oxygen atoms in total. The van der Waals surface area contributed by atoms with Crippen molar-refractivity contribution in [2.24, 2.45) is 11.8 Å². The Hall–Kier alpha value is -2.70. The third-order valence-electron chi connectivity index (χ3n) is 6.16. The van der Waals surface area contributed by atoms with Crippen molar-refractivity contribution < 1.29 is 4.79 Å². The van der Waals surface area contributed by atoms with Gasteiger partial charge in [0.1, 0.15) is 5.82 Å². The molecule has 7 heteroatoms. The van der Waals surface area contributed by atoms with Gasteiger partial charge in [-0.25, -0.2) is 0 Å². The van der Waals surface area contributed by atoms with Crippen molar-refractivity contribution in [2.45, 2.75) is 26.1 Å². The number of amides is 1. The van der Waals surface area contributed by atoms with E-state index in [1.165, 1.54) is 5.56 Å². The molecular weight excluding hydrogens is 398 g/mol. The van der Waals surface area contributed by atoms with Crippen molar-refractivity contribution in [1.29, 1.82) is 0 Å². The summed E-state index contributed by atoms with van der Waals surface area (Å²) >= 11 is 6.00. The Labute approximate surface area is 180 Å². The number of nitrogens with zero attached hydrogens (tertiary/aromatic N) is 4. The maximum Gasteiger partial charge on any atom is 0.289 e. The van der Waals surface area contributed by atoms with E-state index in [4.69, 9.17) is 11.6 Å². The van der Waals surface area contributed by atoms with Crippen LogP contribution in [0.3, 0.4) is 0 Å². The van der Waals surface area contributed by atoms with Crippen molar-refractivity contribution in [3.63, 3.8) is 0 Å². The van der Waals surface area contributed by atoms with Crippen LogP contribution < -0.4 is 5.32 Å². The van der Waals surface area contributed by atoms with Crippen molar-refractivity contribution >= 4 is 17.5 Å². The number of fused-ring (bicyclic) bond motifs is 2. The predicted octanol–water partition coefficient (Wildman–Crippen LogP) is 3.17. The summed E-state index contributed by atoms with van der Waals surface area (Å²) in [7, 11) is 0. The highest BCUT2D eigenvalue weighted by Gasteiger charge is 2.39. The van der Waals surface area contributed by atoms with Gasteiger partial charge in [0, 0.05) is 44.2 Å². The number of halogens is 1. The SMILES string of the molecule is O=C(NCc1ccccc1)c1nnc2n1C[C@@H]1CN(Cc3ccc(Cl)cc3)C[C@@H]1C2. The van der Waals surface area contributed by atoms with Crippen LogP contribution in [0, 0.1) is 11.8 Å². The summed E-state index contributed by atoms with van der Waals surface area (Å²) in [4.78, 5) is 15.2. The average Bonchev–Trinajstić information content (AvgIpc) is 3.35. The maximum absolute atomic E-state index is 12.7. The first-order valence-corrected chi connectivity index (χ1v) is 10.7. The molecule has 2 aromatic carbocycles. The molecule has 0 radical (unpaired) electrons. The molecule has 154 valence electrons. The summed E-state index contributed by atoms with van der Waals surface area (Å²) < 4.78 is 2.02. The van der Waals surface area contributed by atoms with Crippen molar-refractivity contribution in [3.8, 4) is 0 Å². The molecule has 1 saturated heterocycles. The van der Waals surface area contributed by atoms with E-state index in [1.54, 1.807) is 0 Å². The van der Waals surface area contributed by atoms with Gasteiger partial charge in [-0.05, 0) is 35.1 Å². The predicted molar refractivity (Wildman–Crippen MR) is 115 cm³/mol. The normalized spacial score (nSPS) is 20.6. The number of likely N-dealkylation sites (tertiary alicyclic amines) is 1. The highest BCUT2D eigenvalue weighted by Crippen LogP contribution is 2.33. The van der Waals surface area contributed by atoms with Gasteiger partial charge in [-0.3, -0.25) is 9.69 Å². The van der Waals surface area contributed by atoms with E-state index >= 15 is 0 Å². The van der Waals surface area contributed by atoms with Gasteiger partial charge in [0.2, 0.25) is 5.82 Å². The van der Waals surface area contributed by atoms with Gasteiger partial charge in [0.25, 0.3) is 5.91 Å². The minimum Gasteiger partial charge on any atom is -0.345 e. The van der Waals surface area contributed by atoms with Crippen LogP contribution in [0.1, 0.15) is 27.6 Å². The molecule has 30 heavy (non-hydrogen) atoms. The second kappa shape index (κ2) is 8.20. The molecule has 1 fully saturated rings. The van der Waals surface area contributed by atoms with Crippen LogP contribution >= 0.6 is 11.6 Å². The Kier molecular flexibility index (Phi) is 5.27. The Bertz CT molecular complexity index is 1030. The first-order chi connectivity index (χ1) is 14.7. The van der Waals surface area contributed by atoms with Gasteiger partial charge >= 0.3 is 0 Å². The molecule has 1 amide bonds. The molecular formula is C23H24ClN5O. The number of carbonyl (C=O) groups excluding carboxylic acids is 1. The zero-order valence-electron chi connectivity index (χ0n) is 16.7. The molecule has 0 spiro atoms. The average molecular weight is 422 g/mol. The van der Waals surface area contributed by atoms with Gasteiger partial charge in [-0.2, -0.15) is 0 Å². The zero-order chi connectivity index (χ0) is 20.5. The maximum atomic E-state index is 12.7. The highest BCUT2D eigenvalue weighted by molar-refractivity contribution is 6.30. The van der Waals surface area contributed by atoms with Crippen molar-refractivity contribution in [1.82, 2.24) is 25.0 Å². The third kappa shape index (κ3) is 3.98. The number of nitrogens with one attached hydrogen (secondary N) is 1. The smallest absolute Gasteiger partial charge is 0.289 e. The summed E-state index contributed by atoms with van der Waals surface area (Å²) in [6.45, 7) is 4.29. The van der Waals surface area contributed by atoms with E-state index in [1.807, 2.05) is 47.0 Å². The second-order valence-electron chi connectivity index (χ2n) is 8.26. The van der Waals surface area contributed by atoms with E-state index in [0.29, 0.717) is 24.2 Å². The molecule has 0 bridgehead atoms. The lowest BCUT2D eigenvalue weighted by atomic mass is 9.89. The lowest BCUT2D eigenvalue weighted by Gasteiger charge is -2.25. The minimum absolute atomic E-state index is 0.160. The molecule has 2 aliphatic heterocycles. The van der Waals surface area contributed by atoms with Gasteiger partial charge in [0.15, 0.2) is 0 Å². The minimum atomic E-state index is -0.160. The summed E-state index contributed by atoms with van der Waals surface area (Å²) in [5.74, 6) is 2.27. The summed E-state index contributed by atoms with van der Waals surface area (Å²) in [5.41, 5.74) is 2.34. The fraction of sp³-hybridized carbons (Fsp3) is 0.348. The Morgan fingerprint density at radius 1 is 0.967 bits per heavy atom. The first-order valence-electron chi connectivity index (χ1n) is 10.4. The van der Waals surface area contributed by atoms with Gasteiger partial charge in [-0.15, -0.1) is 10.2 Å². The molecule has 3 aromatic rings. The molecule has 2 aliphatic rings. The number of benzene rings is 2. The molecule has 5 rings (SSSR count). The van der Waals surface area contributed by atoms with Crippen LogP contribution in [0.25, 0.3) is 0 Å². The number of rotatable bonds is 5. The summed E-state index contributed by atoms with van der Waals surface area (Å²) in [6.07, 6.45) is 0.876. The quantitative estimate of drug-likeness (QED) is 0.687. The second-order valence-corrected chi connectivity index (χ2v) is 8.70. The standard InChI is InChI=1S/C23H24ClN5O/c24-20-8-6-17(7-9-20)12-28-13-18-10-21-26-27-22(29(21)15-19(18)14-28)23(30)25-11-16-4-2-1-3-5-16/h1-9,18-19H,10-15H2,(H,25,30)/t18-,19-/m0/s1. The largest absolute Gasteiger partial charge is 0.345 e. The first kappa shape index (κ1) is 19.3.